The van der Waals surface area contributed by atoms with Crippen molar-refractivity contribution in [2.24, 2.45) is 5.92 Å². The molecule has 1 aromatic carbocycles. The summed E-state index contributed by atoms with van der Waals surface area (Å²) in [6.45, 7) is 0.380. The topological polar surface area (TPSA) is 58.6 Å². The molecule has 1 amide bonds. The van der Waals surface area contributed by atoms with Gasteiger partial charge >= 0.3 is 0 Å². The normalized spacial score (nSPS) is 21.6. The zero-order chi connectivity index (χ0) is 17.0. The third-order valence-corrected chi connectivity index (χ3v) is 5.75. The zero-order valence-electron chi connectivity index (χ0n) is 14.6. The predicted octanol–water partition coefficient (Wildman–Crippen LogP) is 3.39. The largest absolute Gasteiger partial charge is 0.497 e. The number of methoxy groups -OCH3 is 1. The van der Waals surface area contributed by atoms with E-state index in [1.54, 1.807) is 7.11 Å². The van der Waals surface area contributed by atoms with Crippen LogP contribution in [-0.2, 0) is 4.79 Å². The molecule has 1 unspecified atom stereocenters. The highest BCUT2D eigenvalue weighted by Gasteiger charge is 2.35. The number of nitrogens with one attached hydrogen (secondary N) is 1. The molecule has 2 N–H and O–H groups in total. The predicted molar refractivity (Wildman–Crippen MR) is 94.1 cm³/mol. The van der Waals surface area contributed by atoms with Gasteiger partial charge in [-0.05, 0) is 49.3 Å². The van der Waals surface area contributed by atoms with Crippen LogP contribution in [-0.4, -0.2) is 30.3 Å². The molecular weight excluding hydrogens is 302 g/mol. The first-order valence-electron chi connectivity index (χ1n) is 9.25. The number of hydrogen-bond acceptors (Lipinski definition) is 3. The van der Waals surface area contributed by atoms with Gasteiger partial charge in [0.25, 0.3) is 0 Å². The van der Waals surface area contributed by atoms with Crippen molar-refractivity contribution in [1.82, 2.24) is 5.32 Å². The lowest BCUT2D eigenvalue weighted by Crippen LogP contribution is -2.43. The molecule has 2 saturated carbocycles. The van der Waals surface area contributed by atoms with Gasteiger partial charge in [0.05, 0.1) is 18.6 Å². The Bertz CT molecular complexity index is 543. The molecule has 2 aliphatic carbocycles. The van der Waals surface area contributed by atoms with Crippen molar-refractivity contribution in [3.05, 3.63) is 29.8 Å². The first-order chi connectivity index (χ1) is 11.6. The molecule has 3 rings (SSSR count). The Morgan fingerprint density at radius 2 is 1.83 bits per heavy atom. The standard InChI is InChI=1S/C20H29NO3/c1-24-17-10-8-16(9-11-17)18(15-6-2-3-7-15)19(22)21-14-20(23)12-4-5-13-20/h8-11,15,18,23H,2-7,12-14H2,1H3,(H,21,22). The van der Waals surface area contributed by atoms with E-state index in [0.717, 1.165) is 49.8 Å². The Kier molecular flexibility index (Phi) is 5.44. The molecule has 4 heteroatoms. The molecule has 132 valence electrons. The van der Waals surface area contributed by atoms with Crippen LogP contribution >= 0.6 is 0 Å². The molecule has 0 aliphatic heterocycles. The Hall–Kier alpha value is -1.55. The third-order valence-electron chi connectivity index (χ3n) is 5.75. The SMILES string of the molecule is COc1ccc(C(C(=O)NCC2(O)CCCC2)C2CCCC2)cc1. The monoisotopic (exact) mass is 331 g/mol. The van der Waals surface area contributed by atoms with Crippen LogP contribution in [0.2, 0.25) is 0 Å². The van der Waals surface area contributed by atoms with E-state index in [9.17, 15) is 9.90 Å². The second-order valence-corrected chi connectivity index (χ2v) is 7.44. The van der Waals surface area contributed by atoms with Crippen molar-refractivity contribution in [3.63, 3.8) is 0 Å². The van der Waals surface area contributed by atoms with Crippen molar-refractivity contribution in [2.75, 3.05) is 13.7 Å². The van der Waals surface area contributed by atoms with Crippen LogP contribution in [0.5, 0.6) is 5.75 Å². The van der Waals surface area contributed by atoms with Crippen molar-refractivity contribution in [2.45, 2.75) is 62.9 Å². The van der Waals surface area contributed by atoms with E-state index in [0.29, 0.717) is 12.5 Å². The molecule has 0 aromatic heterocycles. The van der Waals surface area contributed by atoms with Gasteiger partial charge in [0, 0.05) is 6.54 Å². The van der Waals surface area contributed by atoms with Crippen LogP contribution in [0.4, 0.5) is 0 Å². The highest BCUT2D eigenvalue weighted by atomic mass is 16.5. The number of ether oxygens (including phenoxy) is 1. The fraction of sp³-hybridized carbons (Fsp3) is 0.650. The van der Waals surface area contributed by atoms with Crippen LogP contribution in [0.15, 0.2) is 24.3 Å². The minimum atomic E-state index is -0.699. The van der Waals surface area contributed by atoms with E-state index in [4.69, 9.17) is 4.74 Å². The lowest BCUT2D eigenvalue weighted by atomic mass is 9.84. The number of benzene rings is 1. The van der Waals surface area contributed by atoms with Crippen molar-refractivity contribution in [3.8, 4) is 5.75 Å². The molecule has 1 aromatic rings. The summed E-state index contributed by atoms with van der Waals surface area (Å²) in [6, 6.07) is 7.86. The molecule has 0 bridgehead atoms. The molecular formula is C20H29NO3. The summed E-state index contributed by atoms with van der Waals surface area (Å²) in [7, 11) is 1.65. The van der Waals surface area contributed by atoms with E-state index in [1.165, 1.54) is 12.8 Å². The summed E-state index contributed by atoms with van der Waals surface area (Å²) >= 11 is 0. The van der Waals surface area contributed by atoms with Gasteiger partial charge in [-0.3, -0.25) is 4.79 Å². The maximum absolute atomic E-state index is 12.9. The molecule has 0 radical (unpaired) electrons. The molecule has 0 heterocycles. The van der Waals surface area contributed by atoms with Gasteiger partial charge in [-0.1, -0.05) is 37.8 Å². The summed E-state index contributed by atoms with van der Waals surface area (Å²) < 4.78 is 5.23. The highest BCUT2D eigenvalue weighted by molar-refractivity contribution is 5.84. The molecule has 0 spiro atoms. The van der Waals surface area contributed by atoms with Crippen LogP contribution in [0.3, 0.4) is 0 Å². The lowest BCUT2D eigenvalue weighted by molar-refractivity contribution is -0.125. The summed E-state index contributed by atoms with van der Waals surface area (Å²) in [4.78, 5) is 12.9. The van der Waals surface area contributed by atoms with Crippen molar-refractivity contribution < 1.29 is 14.6 Å². The smallest absolute Gasteiger partial charge is 0.227 e. The maximum Gasteiger partial charge on any atom is 0.227 e. The van der Waals surface area contributed by atoms with Crippen LogP contribution in [0, 0.1) is 5.92 Å². The first-order valence-corrected chi connectivity index (χ1v) is 9.25. The van der Waals surface area contributed by atoms with E-state index < -0.39 is 5.60 Å². The second-order valence-electron chi connectivity index (χ2n) is 7.44. The van der Waals surface area contributed by atoms with Gasteiger partial charge in [0.2, 0.25) is 5.91 Å². The third kappa shape index (κ3) is 3.92. The molecule has 2 fully saturated rings. The summed E-state index contributed by atoms with van der Waals surface area (Å²) in [5, 5.41) is 13.5. The molecule has 1 atom stereocenters. The van der Waals surface area contributed by atoms with Crippen LogP contribution in [0.25, 0.3) is 0 Å². The van der Waals surface area contributed by atoms with E-state index in [2.05, 4.69) is 5.32 Å². The molecule has 0 saturated heterocycles. The summed E-state index contributed by atoms with van der Waals surface area (Å²) in [5.41, 5.74) is 0.356. The van der Waals surface area contributed by atoms with Gasteiger partial charge in [-0.15, -0.1) is 0 Å². The summed E-state index contributed by atoms with van der Waals surface area (Å²) in [6.07, 6.45) is 8.31. The van der Waals surface area contributed by atoms with Crippen molar-refractivity contribution >= 4 is 5.91 Å². The van der Waals surface area contributed by atoms with Gasteiger partial charge < -0.3 is 15.2 Å². The molecule has 4 nitrogen and oxygen atoms in total. The highest BCUT2D eigenvalue weighted by Crippen LogP contribution is 2.38. The number of rotatable bonds is 6. The van der Waals surface area contributed by atoms with E-state index >= 15 is 0 Å². The van der Waals surface area contributed by atoms with Crippen LogP contribution in [0.1, 0.15) is 62.8 Å². The fourth-order valence-electron chi connectivity index (χ4n) is 4.31. The van der Waals surface area contributed by atoms with Crippen LogP contribution < -0.4 is 10.1 Å². The quantitative estimate of drug-likeness (QED) is 0.840. The Balaban J connectivity index is 1.72. The second kappa shape index (κ2) is 7.56. The van der Waals surface area contributed by atoms with Gasteiger partial charge in [-0.2, -0.15) is 0 Å². The lowest BCUT2D eigenvalue weighted by Gasteiger charge is -2.27. The maximum atomic E-state index is 12.9. The van der Waals surface area contributed by atoms with Gasteiger partial charge in [-0.25, -0.2) is 0 Å². The Labute approximate surface area is 144 Å². The zero-order valence-corrected chi connectivity index (χ0v) is 14.6. The Morgan fingerprint density at radius 3 is 2.42 bits per heavy atom. The number of aliphatic hydroxyl groups is 1. The minimum Gasteiger partial charge on any atom is -0.497 e. The Morgan fingerprint density at radius 1 is 1.21 bits per heavy atom. The fourth-order valence-corrected chi connectivity index (χ4v) is 4.31. The van der Waals surface area contributed by atoms with Crippen molar-refractivity contribution in [1.29, 1.82) is 0 Å². The molecule has 2 aliphatic rings. The summed E-state index contributed by atoms with van der Waals surface area (Å²) in [5.74, 6) is 1.15. The average molecular weight is 331 g/mol. The number of carbonyl (C=O) groups is 1. The minimum absolute atomic E-state index is 0.0624. The van der Waals surface area contributed by atoms with Gasteiger partial charge in [0.15, 0.2) is 0 Å². The van der Waals surface area contributed by atoms with E-state index in [-0.39, 0.29) is 11.8 Å². The van der Waals surface area contributed by atoms with E-state index in [1.807, 2.05) is 24.3 Å². The number of amides is 1. The average Bonchev–Trinajstić information content (AvgIpc) is 3.27. The number of carbonyl (C=O) groups excluding carboxylic acids is 1. The first kappa shape index (κ1) is 17.3. The number of hydrogen-bond donors (Lipinski definition) is 2. The van der Waals surface area contributed by atoms with Gasteiger partial charge in [0.1, 0.15) is 5.75 Å². The molecule has 24 heavy (non-hydrogen) atoms.